The van der Waals surface area contributed by atoms with Gasteiger partial charge in [-0.3, -0.25) is 4.99 Å². The molecule has 0 amide bonds. The van der Waals surface area contributed by atoms with Gasteiger partial charge >= 0.3 is 0 Å². The Balaban J connectivity index is 1.61. The fourth-order valence-electron chi connectivity index (χ4n) is 2.00. The van der Waals surface area contributed by atoms with Gasteiger partial charge in [-0.15, -0.1) is 0 Å². The normalized spacial score (nSPS) is 11.5. The average Bonchev–Trinajstić information content (AvgIpc) is 3.06. The van der Waals surface area contributed by atoms with Gasteiger partial charge in [0, 0.05) is 19.7 Å². The summed E-state index contributed by atoms with van der Waals surface area (Å²) in [7, 11) is 1.73. The topological polar surface area (TPSA) is 71.7 Å². The monoisotopic (exact) mass is 316 g/mol. The molecular weight excluding hydrogens is 292 g/mol. The number of nitrogens with one attached hydrogen (secondary N) is 2. The predicted octanol–water partition coefficient (Wildman–Crippen LogP) is 2.12. The number of aromatic nitrogens is 1. The molecule has 1 aromatic carbocycles. The second kappa shape index (κ2) is 9.63. The molecule has 0 spiro atoms. The van der Waals surface area contributed by atoms with E-state index < -0.39 is 0 Å². The molecule has 0 unspecified atom stereocenters. The van der Waals surface area contributed by atoms with E-state index in [1.54, 1.807) is 7.05 Å². The van der Waals surface area contributed by atoms with Crippen molar-refractivity contribution >= 4 is 5.96 Å². The van der Waals surface area contributed by atoms with Crippen LogP contribution in [0, 0.1) is 0 Å². The molecule has 0 saturated carbocycles. The average molecular weight is 316 g/mol. The lowest BCUT2D eigenvalue weighted by Gasteiger charge is -2.11. The van der Waals surface area contributed by atoms with Gasteiger partial charge in [-0.05, 0) is 12.0 Å². The highest BCUT2D eigenvalue weighted by Gasteiger charge is 2.03. The van der Waals surface area contributed by atoms with Gasteiger partial charge in [0.2, 0.25) is 0 Å². The number of aryl methyl sites for hydroxylation is 1. The molecule has 0 aliphatic rings. The summed E-state index contributed by atoms with van der Waals surface area (Å²) < 4.78 is 10.8. The third-order valence-electron chi connectivity index (χ3n) is 3.27. The van der Waals surface area contributed by atoms with Crippen LogP contribution in [0.25, 0.3) is 0 Å². The maximum Gasteiger partial charge on any atom is 0.191 e. The lowest BCUT2D eigenvalue weighted by molar-refractivity contribution is 0.125. The number of ether oxygens (including phenoxy) is 1. The molecule has 0 fully saturated rings. The summed E-state index contributed by atoms with van der Waals surface area (Å²) >= 11 is 0. The summed E-state index contributed by atoms with van der Waals surface area (Å²) in [4.78, 5) is 4.16. The predicted molar refractivity (Wildman–Crippen MR) is 90.2 cm³/mol. The van der Waals surface area contributed by atoms with Crippen LogP contribution < -0.4 is 10.6 Å². The maximum absolute atomic E-state index is 5.62. The molecule has 23 heavy (non-hydrogen) atoms. The minimum Gasteiger partial charge on any atom is -0.375 e. The van der Waals surface area contributed by atoms with Gasteiger partial charge in [0.15, 0.2) is 11.7 Å². The number of hydrogen-bond donors (Lipinski definition) is 2. The van der Waals surface area contributed by atoms with Gasteiger partial charge in [0.05, 0.1) is 25.5 Å². The Morgan fingerprint density at radius 2 is 2.09 bits per heavy atom. The fourth-order valence-corrected chi connectivity index (χ4v) is 2.00. The van der Waals surface area contributed by atoms with E-state index >= 15 is 0 Å². The van der Waals surface area contributed by atoms with E-state index in [4.69, 9.17) is 9.26 Å². The third-order valence-corrected chi connectivity index (χ3v) is 3.27. The smallest absolute Gasteiger partial charge is 0.191 e. The first kappa shape index (κ1) is 17.0. The van der Waals surface area contributed by atoms with Gasteiger partial charge in [-0.25, -0.2) is 0 Å². The number of benzene rings is 1. The molecular formula is C17H24N4O2. The van der Waals surface area contributed by atoms with E-state index in [1.807, 2.05) is 31.2 Å². The Morgan fingerprint density at radius 1 is 1.26 bits per heavy atom. The minimum absolute atomic E-state index is 0.553. The number of rotatable bonds is 8. The maximum atomic E-state index is 5.62. The summed E-state index contributed by atoms with van der Waals surface area (Å²) in [6, 6.07) is 12.1. The van der Waals surface area contributed by atoms with Crippen LogP contribution in [0.4, 0.5) is 0 Å². The van der Waals surface area contributed by atoms with Gasteiger partial charge in [0.1, 0.15) is 0 Å². The highest BCUT2D eigenvalue weighted by atomic mass is 16.5. The molecule has 2 aromatic rings. The molecule has 0 atom stereocenters. The van der Waals surface area contributed by atoms with Crippen LogP contribution in [0.3, 0.4) is 0 Å². The Hall–Kier alpha value is -2.34. The first-order chi connectivity index (χ1) is 11.3. The number of hydrogen-bond acceptors (Lipinski definition) is 4. The quantitative estimate of drug-likeness (QED) is 0.443. The molecule has 0 bridgehead atoms. The summed E-state index contributed by atoms with van der Waals surface area (Å²) in [5.41, 5.74) is 2.13. The largest absolute Gasteiger partial charge is 0.375 e. The van der Waals surface area contributed by atoms with Crippen molar-refractivity contribution in [2.75, 3.05) is 20.2 Å². The van der Waals surface area contributed by atoms with Gasteiger partial charge in [-0.1, -0.05) is 42.4 Å². The molecule has 0 aliphatic carbocycles. The fraction of sp³-hybridized carbons (Fsp3) is 0.412. The summed E-state index contributed by atoms with van der Waals surface area (Å²) in [5.74, 6) is 1.51. The van der Waals surface area contributed by atoms with Gasteiger partial charge in [0.25, 0.3) is 0 Å². The zero-order chi connectivity index (χ0) is 16.3. The zero-order valence-electron chi connectivity index (χ0n) is 13.7. The lowest BCUT2D eigenvalue weighted by Crippen LogP contribution is -2.38. The van der Waals surface area contributed by atoms with E-state index in [0.717, 1.165) is 17.9 Å². The summed E-state index contributed by atoms with van der Waals surface area (Å²) in [5, 5.41) is 10.3. The SMILES string of the molecule is CCc1cc(CNC(=NC)NCCOCc2ccccc2)on1. The number of guanidine groups is 1. The first-order valence-electron chi connectivity index (χ1n) is 7.82. The molecule has 0 saturated heterocycles. The second-order valence-electron chi connectivity index (χ2n) is 5.03. The Bertz CT molecular complexity index is 596. The standard InChI is InChI=1S/C17H24N4O2/c1-3-15-11-16(23-21-15)12-20-17(18-2)19-9-10-22-13-14-7-5-4-6-8-14/h4-8,11H,3,9-10,12-13H2,1-2H3,(H2,18,19,20). The lowest BCUT2D eigenvalue weighted by atomic mass is 10.2. The molecule has 124 valence electrons. The van der Waals surface area contributed by atoms with E-state index in [0.29, 0.717) is 32.3 Å². The summed E-state index contributed by atoms with van der Waals surface area (Å²) in [6.07, 6.45) is 0.870. The Morgan fingerprint density at radius 3 is 2.78 bits per heavy atom. The van der Waals surface area contributed by atoms with Gasteiger partial charge in [-0.2, -0.15) is 0 Å². The molecule has 6 heteroatoms. The zero-order valence-corrected chi connectivity index (χ0v) is 13.7. The molecule has 2 rings (SSSR count). The van der Waals surface area contributed by atoms with Crippen molar-refractivity contribution in [3.8, 4) is 0 Å². The van der Waals surface area contributed by atoms with Crippen LogP contribution in [-0.2, 0) is 24.3 Å². The van der Waals surface area contributed by atoms with Crippen molar-refractivity contribution in [2.45, 2.75) is 26.5 Å². The second-order valence-corrected chi connectivity index (χ2v) is 5.03. The summed E-state index contributed by atoms with van der Waals surface area (Å²) in [6.45, 7) is 4.51. The van der Waals surface area contributed by atoms with Crippen LogP contribution in [0.2, 0.25) is 0 Å². The number of nitrogens with zero attached hydrogens (tertiary/aromatic N) is 2. The highest BCUT2D eigenvalue weighted by molar-refractivity contribution is 5.79. The van der Waals surface area contributed by atoms with Crippen molar-refractivity contribution in [1.82, 2.24) is 15.8 Å². The molecule has 0 radical (unpaired) electrons. The molecule has 6 nitrogen and oxygen atoms in total. The number of aliphatic imine (C=N–C) groups is 1. The Labute approximate surface area is 136 Å². The van der Waals surface area contributed by atoms with Crippen LogP contribution in [-0.4, -0.2) is 31.3 Å². The molecule has 1 aromatic heterocycles. The van der Waals surface area contributed by atoms with Crippen LogP contribution in [0.5, 0.6) is 0 Å². The van der Waals surface area contributed by atoms with E-state index in [1.165, 1.54) is 5.56 Å². The van der Waals surface area contributed by atoms with E-state index in [9.17, 15) is 0 Å². The van der Waals surface area contributed by atoms with Gasteiger partial charge < -0.3 is 19.9 Å². The van der Waals surface area contributed by atoms with Crippen molar-refractivity contribution in [1.29, 1.82) is 0 Å². The molecule has 0 aliphatic heterocycles. The van der Waals surface area contributed by atoms with Crippen molar-refractivity contribution in [2.24, 2.45) is 4.99 Å². The first-order valence-corrected chi connectivity index (χ1v) is 7.82. The van der Waals surface area contributed by atoms with E-state index in [-0.39, 0.29) is 0 Å². The van der Waals surface area contributed by atoms with E-state index in [2.05, 4.69) is 32.9 Å². The minimum atomic E-state index is 0.553. The van der Waals surface area contributed by atoms with Crippen LogP contribution >= 0.6 is 0 Å². The van der Waals surface area contributed by atoms with Crippen molar-refractivity contribution in [3.63, 3.8) is 0 Å². The molecule has 1 heterocycles. The Kier molecular flexibility index (Phi) is 7.13. The van der Waals surface area contributed by atoms with Crippen molar-refractivity contribution in [3.05, 3.63) is 53.4 Å². The van der Waals surface area contributed by atoms with Crippen LogP contribution in [0.15, 0.2) is 45.9 Å². The third kappa shape index (κ3) is 6.12. The van der Waals surface area contributed by atoms with Crippen molar-refractivity contribution < 1.29 is 9.26 Å². The van der Waals surface area contributed by atoms with Crippen LogP contribution in [0.1, 0.15) is 23.9 Å². The molecule has 2 N–H and O–H groups in total. The highest BCUT2D eigenvalue weighted by Crippen LogP contribution is 2.03.